The number of halogens is 1. The molecule has 1 aromatic rings. The van der Waals surface area contributed by atoms with Crippen molar-refractivity contribution in [3.05, 3.63) is 34.3 Å². The lowest BCUT2D eigenvalue weighted by Crippen LogP contribution is -2.35. The monoisotopic (exact) mass is 267 g/mol. The highest BCUT2D eigenvalue weighted by molar-refractivity contribution is 9.10. The van der Waals surface area contributed by atoms with E-state index in [0.717, 1.165) is 17.6 Å². The number of guanidine groups is 1. The Balaban J connectivity index is 2.26. The van der Waals surface area contributed by atoms with Crippen LogP contribution in [0.5, 0.6) is 0 Å². The number of benzene rings is 1. The van der Waals surface area contributed by atoms with Crippen molar-refractivity contribution in [1.29, 1.82) is 0 Å². The summed E-state index contributed by atoms with van der Waals surface area (Å²) in [6.07, 6.45) is 0. The predicted molar refractivity (Wildman–Crippen MR) is 65.8 cm³/mol. The fraction of sp³-hybridized carbons (Fsp3) is 0.364. The van der Waals surface area contributed by atoms with E-state index in [1.807, 2.05) is 12.1 Å². The Kier molecular flexibility index (Phi) is 2.95. The summed E-state index contributed by atoms with van der Waals surface area (Å²) in [5.74, 6) is 0.655. The molecule has 3 nitrogen and oxygen atoms in total. The molecule has 1 unspecified atom stereocenters. The molecule has 1 aliphatic rings. The summed E-state index contributed by atoms with van der Waals surface area (Å²) in [6, 6.07) is 8.61. The van der Waals surface area contributed by atoms with Gasteiger partial charge in [-0.05, 0) is 24.6 Å². The highest BCUT2D eigenvalue weighted by atomic mass is 79.9. The van der Waals surface area contributed by atoms with Gasteiger partial charge >= 0.3 is 0 Å². The Bertz CT molecular complexity index is 389. The van der Waals surface area contributed by atoms with Crippen molar-refractivity contribution < 1.29 is 0 Å². The van der Waals surface area contributed by atoms with Gasteiger partial charge in [0.05, 0.1) is 12.6 Å². The summed E-state index contributed by atoms with van der Waals surface area (Å²) in [4.78, 5) is 6.41. The quantitative estimate of drug-likeness (QED) is 0.892. The molecule has 0 bridgehead atoms. The van der Waals surface area contributed by atoms with Crippen molar-refractivity contribution in [3.8, 4) is 0 Å². The van der Waals surface area contributed by atoms with Gasteiger partial charge in [-0.3, -0.25) is 4.99 Å². The fourth-order valence-corrected chi connectivity index (χ4v) is 2.33. The highest BCUT2D eigenvalue weighted by Crippen LogP contribution is 2.26. The van der Waals surface area contributed by atoms with Gasteiger partial charge in [0.15, 0.2) is 5.96 Å². The first-order chi connectivity index (χ1) is 7.22. The SMILES string of the molecule is CCN1C(N)=NCC1c1cccc(Br)c1. The Morgan fingerprint density at radius 2 is 2.40 bits per heavy atom. The topological polar surface area (TPSA) is 41.6 Å². The first-order valence-electron chi connectivity index (χ1n) is 5.04. The zero-order valence-corrected chi connectivity index (χ0v) is 10.2. The van der Waals surface area contributed by atoms with Crippen LogP contribution in [0, 0.1) is 0 Å². The molecule has 1 heterocycles. The standard InChI is InChI=1S/C11H14BrN3/c1-2-15-10(7-14-11(15)13)8-4-3-5-9(12)6-8/h3-6,10H,2,7H2,1H3,(H2,13,14). The van der Waals surface area contributed by atoms with E-state index in [-0.39, 0.29) is 0 Å². The van der Waals surface area contributed by atoms with Gasteiger partial charge in [0, 0.05) is 11.0 Å². The molecule has 1 aliphatic heterocycles. The molecule has 0 saturated heterocycles. The molecule has 2 N–H and O–H groups in total. The molecule has 0 aromatic heterocycles. The number of hydrogen-bond acceptors (Lipinski definition) is 3. The average Bonchev–Trinajstić information content (AvgIpc) is 2.59. The van der Waals surface area contributed by atoms with Crippen LogP contribution in [-0.4, -0.2) is 23.9 Å². The first kappa shape index (κ1) is 10.5. The first-order valence-corrected chi connectivity index (χ1v) is 5.83. The second-order valence-corrected chi connectivity index (χ2v) is 4.47. The molecule has 1 aromatic carbocycles. The zero-order chi connectivity index (χ0) is 10.8. The number of likely N-dealkylation sites (N-methyl/N-ethyl adjacent to an activating group) is 1. The lowest BCUT2D eigenvalue weighted by molar-refractivity contribution is 0.364. The van der Waals surface area contributed by atoms with Crippen LogP contribution in [-0.2, 0) is 0 Å². The van der Waals surface area contributed by atoms with Gasteiger partial charge in [0.1, 0.15) is 0 Å². The van der Waals surface area contributed by atoms with Crippen LogP contribution >= 0.6 is 15.9 Å². The number of aliphatic imine (C=N–C) groups is 1. The number of rotatable bonds is 2. The Labute approximate surface area is 98.1 Å². The van der Waals surface area contributed by atoms with Crippen LogP contribution in [0.4, 0.5) is 0 Å². The van der Waals surface area contributed by atoms with E-state index in [1.54, 1.807) is 0 Å². The molecule has 0 aliphatic carbocycles. The van der Waals surface area contributed by atoms with Gasteiger partial charge in [0.25, 0.3) is 0 Å². The average molecular weight is 268 g/mol. The van der Waals surface area contributed by atoms with Crippen molar-refractivity contribution in [2.24, 2.45) is 10.7 Å². The maximum Gasteiger partial charge on any atom is 0.191 e. The van der Waals surface area contributed by atoms with Crippen LogP contribution in [0.1, 0.15) is 18.5 Å². The molecule has 0 saturated carbocycles. The molecule has 15 heavy (non-hydrogen) atoms. The van der Waals surface area contributed by atoms with E-state index in [2.05, 4.69) is 44.9 Å². The molecule has 4 heteroatoms. The number of hydrogen-bond donors (Lipinski definition) is 1. The third-order valence-electron chi connectivity index (χ3n) is 2.67. The van der Waals surface area contributed by atoms with Gasteiger partial charge in [-0.15, -0.1) is 0 Å². The molecule has 1 atom stereocenters. The smallest absolute Gasteiger partial charge is 0.191 e. The van der Waals surface area contributed by atoms with Crippen LogP contribution in [0.25, 0.3) is 0 Å². The largest absolute Gasteiger partial charge is 0.370 e. The minimum absolute atomic E-state index is 0.299. The van der Waals surface area contributed by atoms with Crippen molar-refractivity contribution in [1.82, 2.24) is 4.90 Å². The molecular weight excluding hydrogens is 254 g/mol. The van der Waals surface area contributed by atoms with Crippen LogP contribution in [0.15, 0.2) is 33.7 Å². The zero-order valence-electron chi connectivity index (χ0n) is 8.65. The summed E-state index contributed by atoms with van der Waals surface area (Å²) in [5, 5.41) is 0. The lowest BCUT2D eigenvalue weighted by Gasteiger charge is -2.25. The molecule has 2 rings (SSSR count). The van der Waals surface area contributed by atoms with Crippen LogP contribution in [0.3, 0.4) is 0 Å². The van der Waals surface area contributed by atoms with Crippen molar-refractivity contribution in [2.45, 2.75) is 13.0 Å². The molecule has 0 amide bonds. The number of nitrogens with zero attached hydrogens (tertiary/aromatic N) is 2. The van der Waals surface area contributed by atoms with Gasteiger partial charge in [0.2, 0.25) is 0 Å². The van der Waals surface area contributed by atoms with Crippen molar-refractivity contribution >= 4 is 21.9 Å². The molecular formula is C11H14BrN3. The maximum atomic E-state index is 5.82. The lowest BCUT2D eigenvalue weighted by atomic mass is 10.1. The predicted octanol–water partition coefficient (Wildman–Crippen LogP) is 2.14. The van der Waals surface area contributed by atoms with E-state index < -0.39 is 0 Å². The Hall–Kier alpha value is -1.03. The van der Waals surface area contributed by atoms with E-state index in [1.165, 1.54) is 5.56 Å². The van der Waals surface area contributed by atoms with E-state index in [9.17, 15) is 0 Å². The Morgan fingerprint density at radius 3 is 3.07 bits per heavy atom. The van der Waals surface area contributed by atoms with Crippen LogP contribution < -0.4 is 5.73 Å². The van der Waals surface area contributed by atoms with E-state index in [4.69, 9.17) is 5.73 Å². The van der Waals surface area contributed by atoms with Gasteiger partial charge in [-0.2, -0.15) is 0 Å². The van der Waals surface area contributed by atoms with Gasteiger partial charge in [-0.25, -0.2) is 0 Å². The summed E-state index contributed by atoms with van der Waals surface area (Å²) in [6.45, 7) is 3.75. The molecule has 0 spiro atoms. The van der Waals surface area contributed by atoms with Gasteiger partial charge in [-0.1, -0.05) is 28.1 Å². The summed E-state index contributed by atoms with van der Waals surface area (Å²) >= 11 is 3.48. The summed E-state index contributed by atoms with van der Waals surface area (Å²) in [7, 11) is 0. The van der Waals surface area contributed by atoms with Crippen molar-refractivity contribution in [2.75, 3.05) is 13.1 Å². The molecule has 80 valence electrons. The summed E-state index contributed by atoms with van der Waals surface area (Å²) in [5.41, 5.74) is 7.08. The van der Waals surface area contributed by atoms with Gasteiger partial charge < -0.3 is 10.6 Å². The molecule has 0 radical (unpaired) electrons. The second kappa shape index (κ2) is 4.23. The van der Waals surface area contributed by atoms with E-state index >= 15 is 0 Å². The third kappa shape index (κ3) is 2.00. The highest BCUT2D eigenvalue weighted by Gasteiger charge is 2.25. The fourth-order valence-electron chi connectivity index (χ4n) is 1.91. The Morgan fingerprint density at radius 1 is 1.60 bits per heavy atom. The van der Waals surface area contributed by atoms with E-state index in [0.29, 0.717) is 12.0 Å². The van der Waals surface area contributed by atoms with Crippen LogP contribution in [0.2, 0.25) is 0 Å². The molecule has 0 fully saturated rings. The summed E-state index contributed by atoms with van der Waals surface area (Å²) < 4.78 is 1.10. The third-order valence-corrected chi connectivity index (χ3v) is 3.16. The minimum atomic E-state index is 0.299. The maximum absolute atomic E-state index is 5.82. The minimum Gasteiger partial charge on any atom is -0.370 e. The van der Waals surface area contributed by atoms with Crippen molar-refractivity contribution in [3.63, 3.8) is 0 Å². The second-order valence-electron chi connectivity index (χ2n) is 3.56. The normalized spacial score (nSPS) is 20.5. The number of nitrogens with two attached hydrogens (primary N) is 1.